The molecule has 4 nitrogen and oxygen atoms in total. The molecule has 0 bridgehead atoms. The zero-order valence-corrected chi connectivity index (χ0v) is 14.2. The Bertz CT molecular complexity index is 408. The second-order valence-electron chi connectivity index (χ2n) is 6.27. The Morgan fingerprint density at radius 3 is 1.90 bits per heavy atom. The zero-order chi connectivity index (χ0) is 15.3. The summed E-state index contributed by atoms with van der Waals surface area (Å²) >= 11 is 0. The summed E-state index contributed by atoms with van der Waals surface area (Å²) < 4.78 is 0. The third kappa shape index (κ3) is 4.75. The summed E-state index contributed by atoms with van der Waals surface area (Å²) in [4.78, 5) is 11.5. The molecule has 114 valence electrons. The summed E-state index contributed by atoms with van der Waals surface area (Å²) in [6.07, 6.45) is 0.980. The Hall–Kier alpha value is -1.16. The number of hydrogen-bond acceptors (Lipinski definition) is 4. The van der Waals surface area contributed by atoms with Gasteiger partial charge in [0.1, 0.15) is 0 Å². The highest BCUT2D eigenvalue weighted by atomic mass is 15.2. The molecular formula is C16H30N4. The average Bonchev–Trinajstić information content (AvgIpc) is 2.33. The van der Waals surface area contributed by atoms with Crippen LogP contribution in [0.25, 0.3) is 0 Å². The van der Waals surface area contributed by atoms with Gasteiger partial charge >= 0.3 is 0 Å². The van der Waals surface area contributed by atoms with Crippen molar-refractivity contribution in [3.63, 3.8) is 0 Å². The fraction of sp³-hybridized carbons (Fsp3) is 0.750. The van der Waals surface area contributed by atoms with Crippen LogP contribution in [-0.2, 0) is 6.42 Å². The van der Waals surface area contributed by atoms with E-state index in [1.165, 1.54) is 5.56 Å². The highest BCUT2D eigenvalue weighted by Crippen LogP contribution is 2.16. The van der Waals surface area contributed by atoms with E-state index in [-0.39, 0.29) is 5.54 Å². The zero-order valence-electron chi connectivity index (χ0n) is 14.2. The van der Waals surface area contributed by atoms with Crippen LogP contribution < -0.4 is 10.2 Å². The van der Waals surface area contributed by atoms with Crippen molar-refractivity contribution in [1.82, 2.24) is 15.3 Å². The lowest BCUT2D eigenvalue weighted by Crippen LogP contribution is -2.37. The van der Waals surface area contributed by atoms with Crippen LogP contribution >= 0.6 is 0 Å². The van der Waals surface area contributed by atoms with Gasteiger partial charge in [0.05, 0.1) is 0 Å². The van der Waals surface area contributed by atoms with Gasteiger partial charge in [-0.05, 0) is 67.0 Å². The largest absolute Gasteiger partial charge is 0.341 e. The molecule has 1 heterocycles. The summed E-state index contributed by atoms with van der Waals surface area (Å²) in [5.41, 5.74) is 3.65. The predicted octanol–water partition coefficient (Wildman–Crippen LogP) is 2.87. The molecule has 0 atom stereocenters. The second-order valence-corrected chi connectivity index (χ2v) is 6.27. The molecule has 0 aliphatic heterocycles. The second kappa shape index (κ2) is 7.02. The van der Waals surface area contributed by atoms with Gasteiger partial charge in [0.25, 0.3) is 0 Å². The van der Waals surface area contributed by atoms with Crippen molar-refractivity contribution in [3.8, 4) is 0 Å². The molecule has 0 saturated carbocycles. The third-order valence-electron chi connectivity index (χ3n) is 3.49. The molecule has 0 aliphatic rings. The van der Waals surface area contributed by atoms with E-state index in [2.05, 4.69) is 68.7 Å². The first kappa shape index (κ1) is 16.9. The number of aromatic nitrogens is 2. The first-order chi connectivity index (χ1) is 9.28. The monoisotopic (exact) mass is 278 g/mol. The number of hydrogen-bond donors (Lipinski definition) is 1. The minimum absolute atomic E-state index is 0.157. The number of aryl methyl sites for hydroxylation is 2. The van der Waals surface area contributed by atoms with Gasteiger partial charge in [0.2, 0.25) is 5.95 Å². The molecule has 1 aromatic heterocycles. The maximum Gasteiger partial charge on any atom is 0.225 e. The summed E-state index contributed by atoms with van der Waals surface area (Å²) in [6.45, 7) is 17.9. The molecule has 0 unspecified atom stereocenters. The predicted molar refractivity (Wildman–Crippen MR) is 86.5 cm³/mol. The molecule has 0 amide bonds. The SMILES string of the molecule is CCN(CC)c1nc(C)c(CCNC(C)(C)C)c(C)n1. The van der Waals surface area contributed by atoms with Gasteiger partial charge in [-0.2, -0.15) is 0 Å². The molecule has 1 N–H and O–H groups in total. The van der Waals surface area contributed by atoms with Gasteiger partial charge in [0.15, 0.2) is 0 Å². The number of nitrogens with one attached hydrogen (secondary N) is 1. The van der Waals surface area contributed by atoms with Crippen molar-refractivity contribution in [2.75, 3.05) is 24.5 Å². The molecule has 4 heteroatoms. The first-order valence-corrected chi connectivity index (χ1v) is 7.62. The van der Waals surface area contributed by atoms with E-state index < -0.39 is 0 Å². The third-order valence-corrected chi connectivity index (χ3v) is 3.49. The Balaban J connectivity index is 2.84. The highest BCUT2D eigenvalue weighted by Gasteiger charge is 2.13. The standard InChI is InChI=1S/C16H30N4/c1-8-20(9-2)15-18-12(3)14(13(4)19-15)10-11-17-16(5,6)7/h17H,8-11H2,1-7H3. The van der Waals surface area contributed by atoms with Crippen LogP contribution in [0.15, 0.2) is 0 Å². The van der Waals surface area contributed by atoms with E-state index in [1.807, 2.05) is 0 Å². The van der Waals surface area contributed by atoms with E-state index in [9.17, 15) is 0 Å². The fourth-order valence-electron chi connectivity index (χ4n) is 2.29. The van der Waals surface area contributed by atoms with Crippen LogP contribution in [0.1, 0.15) is 51.6 Å². The topological polar surface area (TPSA) is 41.1 Å². The minimum Gasteiger partial charge on any atom is -0.341 e. The lowest BCUT2D eigenvalue weighted by molar-refractivity contribution is 0.429. The van der Waals surface area contributed by atoms with Crippen LogP contribution in [0.3, 0.4) is 0 Å². The summed E-state index contributed by atoms with van der Waals surface area (Å²) in [6, 6.07) is 0. The van der Waals surface area contributed by atoms with Crippen LogP contribution in [0.2, 0.25) is 0 Å². The van der Waals surface area contributed by atoms with E-state index in [4.69, 9.17) is 0 Å². The molecule has 1 aromatic rings. The molecule has 0 aliphatic carbocycles. The van der Waals surface area contributed by atoms with Crippen LogP contribution in [0.4, 0.5) is 5.95 Å². The number of nitrogens with zero attached hydrogens (tertiary/aromatic N) is 3. The number of anilines is 1. The maximum atomic E-state index is 4.68. The Morgan fingerprint density at radius 2 is 1.50 bits per heavy atom. The molecule has 1 rings (SSSR count). The van der Waals surface area contributed by atoms with Crippen molar-refractivity contribution in [2.24, 2.45) is 0 Å². The van der Waals surface area contributed by atoms with E-state index >= 15 is 0 Å². The van der Waals surface area contributed by atoms with Crippen molar-refractivity contribution in [2.45, 2.75) is 60.4 Å². The van der Waals surface area contributed by atoms with Gasteiger partial charge in [-0.1, -0.05) is 0 Å². The van der Waals surface area contributed by atoms with Crippen LogP contribution in [0, 0.1) is 13.8 Å². The van der Waals surface area contributed by atoms with Crippen molar-refractivity contribution in [3.05, 3.63) is 17.0 Å². The molecule has 0 saturated heterocycles. The van der Waals surface area contributed by atoms with Crippen molar-refractivity contribution < 1.29 is 0 Å². The summed E-state index contributed by atoms with van der Waals surface area (Å²) in [5.74, 6) is 0.859. The van der Waals surface area contributed by atoms with E-state index in [0.717, 1.165) is 43.4 Å². The molecule has 0 radical (unpaired) electrons. The van der Waals surface area contributed by atoms with Gasteiger partial charge in [0, 0.05) is 30.0 Å². The summed E-state index contributed by atoms with van der Waals surface area (Å²) in [5, 5.41) is 3.52. The van der Waals surface area contributed by atoms with Gasteiger partial charge in [-0.15, -0.1) is 0 Å². The first-order valence-electron chi connectivity index (χ1n) is 7.62. The van der Waals surface area contributed by atoms with Gasteiger partial charge in [-0.25, -0.2) is 9.97 Å². The van der Waals surface area contributed by atoms with Gasteiger partial charge in [-0.3, -0.25) is 0 Å². The molecule has 0 aromatic carbocycles. The lowest BCUT2D eigenvalue weighted by Gasteiger charge is -2.22. The van der Waals surface area contributed by atoms with Crippen molar-refractivity contribution >= 4 is 5.95 Å². The minimum atomic E-state index is 0.157. The molecular weight excluding hydrogens is 248 g/mol. The molecule has 20 heavy (non-hydrogen) atoms. The fourth-order valence-corrected chi connectivity index (χ4v) is 2.29. The normalized spacial score (nSPS) is 11.8. The molecule has 0 spiro atoms. The lowest BCUT2D eigenvalue weighted by atomic mass is 10.1. The Labute approximate surface area is 124 Å². The average molecular weight is 278 g/mol. The summed E-state index contributed by atoms with van der Waals surface area (Å²) in [7, 11) is 0. The number of rotatable bonds is 6. The van der Waals surface area contributed by atoms with E-state index in [1.54, 1.807) is 0 Å². The Morgan fingerprint density at radius 1 is 1.00 bits per heavy atom. The smallest absolute Gasteiger partial charge is 0.225 e. The maximum absolute atomic E-state index is 4.68. The molecule has 0 fully saturated rings. The van der Waals surface area contributed by atoms with Gasteiger partial charge < -0.3 is 10.2 Å². The van der Waals surface area contributed by atoms with Crippen LogP contribution in [-0.4, -0.2) is 35.1 Å². The van der Waals surface area contributed by atoms with Crippen LogP contribution in [0.5, 0.6) is 0 Å². The van der Waals surface area contributed by atoms with Crippen molar-refractivity contribution in [1.29, 1.82) is 0 Å². The van der Waals surface area contributed by atoms with E-state index in [0.29, 0.717) is 0 Å². The Kier molecular flexibility index (Phi) is 5.93. The quantitative estimate of drug-likeness (QED) is 0.869. The highest BCUT2D eigenvalue weighted by molar-refractivity contribution is 5.36.